The Morgan fingerprint density at radius 1 is 1.40 bits per heavy atom. The third kappa shape index (κ3) is 3.04. The molecular weight excluding hydrogens is 254 g/mol. The molecule has 2 aliphatic rings. The predicted molar refractivity (Wildman–Crippen MR) is 75.4 cm³/mol. The molecule has 1 aromatic heterocycles. The highest BCUT2D eigenvalue weighted by atomic mass is 16.5. The van der Waals surface area contributed by atoms with Gasteiger partial charge in [0.2, 0.25) is 0 Å². The number of ether oxygens (including phenoxy) is 1. The molecule has 20 heavy (non-hydrogen) atoms. The maximum absolute atomic E-state index is 5.84. The minimum atomic E-state index is -0.0627. The number of hydrogen-bond donors (Lipinski definition) is 1. The van der Waals surface area contributed by atoms with Gasteiger partial charge in [0.1, 0.15) is 6.61 Å². The predicted octanol–water partition coefficient (Wildman–Crippen LogP) is 2.63. The Hall–Kier alpha value is -0.940. The van der Waals surface area contributed by atoms with Gasteiger partial charge >= 0.3 is 0 Å². The third-order valence-corrected chi connectivity index (χ3v) is 4.75. The summed E-state index contributed by atoms with van der Waals surface area (Å²) in [5, 5.41) is 7.39. The summed E-state index contributed by atoms with van der Waals surface area (Å²) in [5.74, 6) is 2.81. The van der Waals surface area contributed by atoms with Crippen LogP contribution in [0.15, 0.2) is 4.52 Å². The van der Waals surface area contributed by atoms with Crippen molar-refractivity contribution >= 4 is 0 Å². The minimum absolute atomic E-state index is 0.0627. The van der Waals surface area contributed by atoms with Crippen molar-refractivity contribution in [1.29, 1.82) is 0 Å². The normalized spacial score (nSPS) is 29.1. The molecule has 1 N–H and O–H groups in total. The van der Waals surface area contributed by atoms with Gasteiger partial charge in [-0.05, 0) is 25.7 Å². The molecule has 112 valence electrons. The topological polar surface area (TPSA) is 60.2 Å². The fourth-order valence-corrected chi connectivity index (χ4v) is 3.20. The van der Waals surface area contributed by atoms with Gasteiger partial charge in [0, 0.05) is 19.0 Å². The molecule has 2 fully saturated rings. The molecule has 0 bridgehead atoms. The van der Waals surface area contributed by atoms with Crippen molar-refractivity contribution in [2.24, 2.45) is 5.92 Å². The zero-order chi connectivity index (χ0) is 14.0. The first-order chi connectivity index (χ1) is 9.68. The second kappa shape index (κ2) is 5.82. The molecule has 1 saturated carbocycles. The summed E-state index contributed by atoms with van der Waals surface area (Å²) >= 11 is 0. The number of aromatic nitrogens is 2. The van der Waals surface area contributed by atoms with Crippen molar-refractivity contribution in [3.05, 3.63) is 11.7 Å². The van der Waals surface area contributed by atoms with E-state index >= 15 is 0 Å². The second-order valence-corrected chi connectivity index (χ2v) is 6.53. The minimum Gasteiger partial charge on any atom is -0.363 e. The van der Waals surface area contributed by atoms with E-state index in [1.807, 2.05) is 0 Å². The lowest BCUT2D eigenvalue weighted by Gasteiger charge is -2.38. The van der Waals surface area contributed by atoms with Crippen LogP contribution in [0, 0.1) is 5.92 Å². The van der Waals surface area contributed by atoms with Crippen LogP contribution >= 0.6 is 0 Å². The standard InChI is InChI=1S/C15H25N3O2/c1-3-11-5-4-6-12(7-11)14-17-13(20-18-14)8-19-15(2)9-16-10-15/h11-12,16H,3-10H2,1-2H3. The van der Waals surface area contributed by atoms with Crippen LogP contribution in [-0.2, 0) is 11.3 Å². The average Bonchev–Trinajstić information content (AvgIpc) is 2.92. The van der Waals surface area contributed by atoms with E-state index in [1.165, 1.54) is 32.1 Å². The van der Waals surface area contributed by atoms with Crippen molar-refractivity contribution in [1.82, 2.24) is 15.5 Å². The second-order valence-electron chi connectivity index (χ2n) is 6.53. The summed E-state index contributed by atoms with van der Waals surface area (Å²) in [6.45, 7) is 6.60. The van der Waals surface area contributed by atoms with Gasteiger partial charge in [0.15, 0.2) is 5.82 Å². The van der Waals surface area contributed by atoms with Crippen molar-refractivity contribution in [3.63, 3.8) is 0 Å². The molecular formula is C15H25N3O2. The first-order valence-electron chi connectivity index (χ1n) is 7.86. The SMILES string of the molecule is CCC1CCCC(c2noc(COC3(C)CNC3)n2)C1. The van der Waals surface area contributed by atoms with E-state index in [4.69, 9.17) is 9.26 Å². The molecule has 5 heteroatoms. The Kier molecular flexibility index (Phi) is 4.08. The molecule has 2 heterocycles. The van der Waals surface area contributed by atoms with Crippen LogP contribution in [-0.4, -0.2) is 28.8 Å². The van der Waals surface area contributed by atoms with Gasteiger partial charge in [-0.2, -0.15) is 4.98 Å². The highest BCUT2D eigenvalue weighted by molar-refractivity contribution is 4.98. The van der Waals surface area contributed by atoms with Gasteiger partial charge in [0.05, 0.1) is 5.60 Å². The summed E-state index contributed by atoms with van der Waals surface area (Å²) in [4.78, 5) is 4.54. The summed E-state index contributed by atoms with van der Waals surface area (Å²) < 4.78 is 11.2. The lowest BCUT2D eigenvalue weighted by molar-refractivity contribution is -0.0841. The Balaban J connectivity index is 1.55. The average molecular weight is 279 g/mol. The van der Waals surface area contributed by atoms with Crippen molar-refractivity contribution in [3.8, 4) is 0 Å². The molecule has 2 atom stereocenters. The highest BCUT2D eigenvalue weighted by Gasteiger charge is 2.33. The van der Waals surface area contributed by atoms with E-state index in [1.54, 1.807) is 0 Å². The van der Waals surface area contributed by atoms with Gasteiger partial charge in [-0.3, -0.25) is 0 Å². The van der Waals surface area contributed by atoms with Crippen LogP contribution < -0.4 is 5.32 Å². The summed E-state index contributed by atoms with van der Waals surface area (Å²) in [6.07, 6.45) is 6.30. The molecule has 5 nitrogen and oxygen atoms in total. The Morgan fingerprint density at radius 2 is 2.25 bits per heavy atom. The summed E-state index contributed by atoms with van der Waals surface area (Å²) in [7, 11) is 0. The van der Waals surface area contributed by atoms with Gasteiger partial charge in [-0.1, -0.05) is 31.3 Å². The van der Waals surface area contributed by atoms with Crippen LogP contribution in [0.1, 0.15) is 63.6 Å². The Labute approximate surface area is 120 Å². The van der Waals surface area contributed by atoms with E-state index in [0.717, 1.165) is 24.8 Å². The maximum Gasteiger partial charge on any atom is 0.252 e. The lowest BCUT2D eigenvalue weighted by Crippen LogP contribution is -2.58. The molecule has 1 aliphatic heterocycles. The summed E-state index contributed by atoms with van der Waals surface area (Å²) in [6, 6.07) is 0. The fourth-order valence-electron chi connectivity index (χ4n) is 3.20. The van der Waals surface area contributed by atoms with Gasteiger partial charge in [-0.15, -0.1) is 0 Å². The molecule has 1 aliphatic carbocycles. The fraction of sp³-hybridized carbons (Fsp3) is 0.867. The first kappa shape index (κ1) is 14.0. The molecule has 0 aromatic carbocycles. The molecule has 1 saturated heterocycles. The first-order valence-corrected chi connectivity index (χ1v) is 7.86. The van der Waals surface area contributed by atoms with Crippen molar-refractivity contribution < 1.29 is 9.26 Å². The maximum atomic E-state index is 5.84. The van der Waals surface area contributed by atoms with Gasteiger partial charge in [0.25, 0.3) is 5.89 Å². The molecule has 0 spiro atoms. The van der Waals surface area contributed by atoms with Crippen LogP contribution in [0.2, 0.25) is 0 Å². The van der Waals surface area contributed by atoms with Crippen LogP contribution in [0.25, 0.3) is 0 Å². The van der Waals surface area contributed by atoms with E-state index in [2.05, 4.69) is 29.3 Å². The Bertz CT molecular complexity index is 442. The molecule has 2 unspecified atom stereocenters. The quantitative estimate of drug-likeness (QED) is 0.898. The number of hydrogen-bond acceptors (Lipinski definition) is 5. The van der Waals surface area contributed by atoms with Gasteiger partial charge in [-0.25, -0.2) is 0 Å². The molecule has 1 aromatic rings. The monoisotopic (exact) mass is 279 g/mol. The highest BCUT2D eigenvalue weighted by Crippen LogP contribution is 2.36. The van der Waals surface area contributed by atoms with Crippen LogP contribution in [0.4, 0.5) is 0 Å². The number of nitrogens with zero attached hydrogens (tertiary/aromatic N) is 2. The molecule has 0 radical (unpaired) electrons. The third-order valence-electron chi connectivity index (χ3n) is 4.75. The zero-order valence-corrected chi connectivity index (χ0v) is 12.5. The molecule has 3 rings (SSSR count). The van der Waals surface area contributed by atoms with E-state index in [9.17, 15) is 0 Å². The van der Waals surface area contributed by atoms with E-state index < -0.39 is 0 Å². The zero-order valence-electron chi connectivity index (χ0n) is 12.5. The Morgan fingerprint density at radius 3 is 2.95 bits per heavy atom. The number of rotatable bonds is 5. The largest absolute Gasteiger partial charge is 0.363 e. The smallest absolute Gasteiger partial charge is 0.252 e. The van der Waals surface area contributed by atoms with Crippen molar-refractivity contribution in [2.45, 2.75) is 64.1 Å². The van der Waals surface area contributed by atoms with Crippen LogP contribution in [0.3, 0.4) is 0 Å². The van der Waals surface area contributed by atoms with Gasteiger partial charge < -0.3 is 14.6 Å². The van der Waals surface area contributed by atoms with E-state index in [0.29, 0.717) is 18.4 Å². The lowest BCUT2D eigenvalue weighted by atomic mass is 9.80. The van der Waals surface area contributed by atoms with E-state index in [-0.39, 0.29) is 5.60 Å². The number of nitrogens with one attached hydrogen (secondary N) is 1. The molecule has 0 amide bonds. The van der Waals surface area contributed by atoms with Crippen LogP contribution in [0.5, 0.6) is 0 Å². The van der Waals surface area contributed by atoms with Crippen molar-refractivity contribution in [2.75, 3.05) is 13.1 Å². The summed E-state index contributed by atoms with van der Waals surface area (Å²) in [5.41, 5.74) is -0.0627.